The van der Waals surface area contributed by atoms with E-state index in [1.54, 1.807) is 0 Å². The lowest BCUT2D eigenvalue weighted by molar-refractivity contribution is 0.294. The smallest absolute Gasteiger partial charge is 0.0110 e. The first-order valence-electron chi connectivity index (χ1n) is 7.82. The molecular formula is C18H29N. The molecule has 2 rings (SSSR count). The Morgan fingerprint density at radius 2 is 1.84 bits per heavy atom. The molecule has 0 aromatic heterocycles. The second kappa shape index (κ2) is 6.09. The molecule has 1 fully saturated rings. The van der Waals surface area contributed by atoms with E-state index in [1.807, 2.05) is 0 Å². The molecule has 0 saturated carbocycles. The quantitative estimate of drug-likeness (QED) is 0.853. The third kappa shape index (κ3) is 4.07. The van der Waals surface area contributed by atoms with E-state index in [2.05, 4.69) is 57.3 Å². The highest BCUT2D eigenvalue weighted by Gasteiger charge is 2.20. The molecular weight excluding hydrogens is 230 g/mol. The fraction of sp³-hybridized carbons (Fsp3) is 0.667. The maximum atomic E-state index is 3.68. The first-order chi connectivity index (χ1) is 8.99. The average molecular weight is 259 g/mol. The average Bonchev–Trinajstić information content (AvgIpc) is 2.38. The van der Waals surface area contributed by atoms with Crippen LogP contribution in [0.15, 0.2) is 24.3 Å². The van der Waals surface area contributed by atoms with Gasteiger partial charge in [0.15, 0.2) is 0 Å². The lowest BCUT2D eigenvalue weighted by Gasteiger charge is -2.30. The van der Waals surface area contributed by atoms with Gasteiger partial charge in [-0.3, -0.25) is 0 Å². The van der Waals surface area contributed by atoms with Gasteiger partial charge >= 0.3 is 0 Å². The van der Waals surface area contributed by atoms with Gasteiger partial charge < -0.3 is 5.32 Å². The van der Waals surface area contributed by atoms with Gasteiger partial charge in [-0.25, -0.2) is 0 Å². The van der Waals surface area contributed by atoms with Gasteiger partial charge in [0.25, 0.3) is 0 Å². The summed E-state index contributed by atoms with van der Waals surface area (Å²) in [5.74, 6) is 0.931. The van der Waals surface area contributed by atoms with Gasteiger partial charge in [-0.1, -0.05) is 58.4 Å². The highest BCUT2D eigenvalue weighted by molar-refractivity contribution is 5.28. The lowest BCUT2D eigenvalue weighted by atomic mass is 9.85. The maximum Gasteiger partial charge on any atom is 0.0110 e. The van der Waals surface area contributed by atoms with Gasteiger partial charge in [-0.15, -0.1) is 0 Å². The zero-order valence-electron chi connectivity index (χ0n) is 13.0. The Morgan fingerprint density at radius 1 is 1.16 bits per heavy atom. The summed E-state index contributed by atoms with van der Waals surface area (Å²) in [6.45, 7) is 10.3. The molecule has 1 aliphatic heterocycles. The first-order valence-corrected chi connectivity index (χ1v) is 7.82. The summed E-state index contributed by atoms with van der Waals surface area (Å²) in [5, 5.41) is 3.68. The molecule has 0 bridgehead atoms. The predicted molar refractivity (Wildman–Crippen MR) is 83.7 cm³/mol. The highest BCUT2D eigenvalue weighted by atomic mass is 14.9. The van der Waals surface area contributed by atoms with Crippen molar-refractivity contribution < 1.29 is 0 Å². The number of rotatable bonds is 3. The van der Waals surface area contributed by atoms with E-state index >= 15 is 0 Å². The molecule has 0 spiro atoms. The van der Waals surface area contributed by atoms with Crippen LogP contribution < -0.4 is 5.32 Å². The Morgan fingerprint density at radius 3 is 2.42 bits per heavy atom. The molecule has 1 heterocycles. The standard InChI is InChI=1S/C18H29N/c1-5-14-10-11-19-17(12-14)13-15-6-8-16(9-7-15)18(2,3)4/h6-9,14,17,19H,5,10-13H2,1-4H3. The first kappa shape index (κ1) is 14.6. The third-order valence-electron chi connectivity index (χ3n) is 4.48. The minimum absolute atomic E-state index is 0.259. The molecule has 1 aromatic rings. The monoisotopic (exact) mass is 259 g/mol. The van der Waals surface area contributed by atoms with Crippen molar-refractivity contribution in [3.05, 3.63) is 35.4 Å². The van der Waals surface area contributed by atoms with Crippen LogP contribution in [0.3, 0.4) is 0 Å². The van der Waals surface area contributed by atoms with Gasteiger partial charge in [0.1, 0.15) is 0 Å². The molecule has 0 amide bonds. The fourth-order valence-corrected chi connectivity index (χ4v) is 3.05. The Bertz CT molecular complexity index is 385. The summed E-state index contributed by atoms with van der Waals surface area (Å²) in [4.78, 5) is 0. The van der Waals surface area contributed by atoms with Crippen LogP contribution in [0.4, 0.5) is 0 Å². The van der Waals surface area contributed by atoms with Crippen molar-refractivity contribution in [1.82, 2.24) is 5.32 Å². The van der Waals surface area contributed by atoms with E-state index in [1.165, 1.54) is 43.4 Å². The van der Waals surface area contributed by atoms with Crippen LogP contribution in [0, 0.1) is 5.92 Å². The van der Waals surface area contributed by atoms with Crippen LogP contribution in [0.5, 0.6) is 0 Å². The van der Waals surface area contributed by atoms with Gasteiger partial charge in [0, 0.05) is 6.04 Å². The van der Waals surface area contributed by atoms with Crippen LogP contribution in [0.2, 0.25) is 0 Å². The number of nitrogens with one attached hydrogen (secondary N) is 1. The van der Waals surface area contributed by atoms with Crippen LogP contribution in [-0.2, 0) is 11.8 Å². The maximum absolute atomic E-state index is 3.68. The van der Waals surface area contributed by atoms with E-state index < -0.39 is 0 Å². The summed E-state index contributed by atoms with van der Waals surface area (Å²) < 4.78 is 0. The molecule has 0 radical (unpaired) electrons. The van der Waals surface area contributed by atoms with Crippen molar-refractivity contribution in [2.75, 3.05) is 6.54 Å². The van der Waals surface area contributed by atoms with E-state index in [9.17, 15) is 0 Å². The molecule has 0 aliphatic carbocycles. The van der Waals surface area contributed by atoms with Crippen LogP contribution >= 0.6 is 0 Å². The minimum atomic E-state index is 0.259. The number of piperidine rings is 1. The minimum Gasteiger partial charge on any atom is -0.314 e. The Kier molecular flexibility index (Phi) is 4.67. The van der Waals surface area contributed by atoms with E-state index in [4.69, 9.17) is 0 Å². The van der Waals surface area contributed by atoms with Gasteiger partial charge in [0.05, 0.1) is 0 Å². The van der Waals surface area contributed by atoms with Crippen LogP contribution in [-0.4, -0.2) is 12.6 Å². The molecule has 1 heteroatoms. The molecule has 2 atom stereocenters. The zero-order chi connectivity index (χ0) is 13.9. The largest absolute Gasteiger partial charge is 0.314 e. The molecule has 106 valence electrons. The van der Waals surface area contributed by atoms with E-state index in [0.717, 1.165) is 5.92 Å². The Hall–Kier alpha value is -0.820. The summed E-state index contributed by atoms with van der Waals surface area (Å²) in [5.41, 5.74) is 3.16. The highest BCUT2D eigenvalue weighted by Crippen LogP contribution is 2.24. The van der Waals surface area contributed by atoms with E-state index in [0.29, 0.717) is 6.04 Å². The van der Waals surface area contributed by atoms with Crippen LogP contribution in [0.1, 0.15) is 58.1 Å². The fourth-order valence-electron chi connectivity index (χ4n) is 3.05. The number of benzene rings is 1. The zero-order valence-corrected chi connectivity index (χ0v) is 13.0. The van der Waals surface area contributed by atoms with Gasteiger partial charge in [0.2, 0.25) is 0 Å². The summed E-state index contributed by atoms with van der Waals surface area (Å²) >= 11 is 0. The molecule has 19 heavy (non-hydrogen) atoms. The predicted octanol–water partition coefficient (Wildman–Crippen LogP) is 4.30. The van der Waals surface area contributed by atoms with Gasteiger partial charge in [-0.2, -0.15) is 0 Å². The third-order valence-corrected chi connectivity index (χ3v) is 4.48. The summed E-state index contributed by atoms with van der Waals surface area (Å²) in [7, 11) is 0. The normalized spacial score (nSPS) is 24.4. The van der Waals surface area contributed by atoms with Crippen molar-refractivity contribution in [3.63, 3.8) is 0 Å². The van der Waals surface area contributed by atoms with Crippen molar-refractivity contribution in [2.45, 2.75) is 64.8 Å². The van der Waals surface area contributed by atoms with E-state index in [-0.39, 0.29) is 5.41 Å². The lowest BCUT2D eigenvalue weighted by Crippen LogP contribution is -2.39. The summed E-state index contributed by atoms with van der Waals surface area (Å²) in [6.07, 6.45) is 5.22. The SMILES string of the molecule is CCC1CCNC(Cc2ccc(C(C)(C)C)cc2)C1. The molecule has 1 aromatic carbocycles. The molecule has 1 saturated heterocycles. The molecule has 1 aliphatic rings. The second-order valence-electron chi connectivity index (χ2n) is 7.10. The van der Waals surface area contributed by atoms with Crippen molar-refractivity contribution in [2.24, 2.45) is 5.92 Å². The second-order valence-corrected chi connectivity index (χ2v) is 7.10. The summed E-state index contributed by atoms with van der Waals surface area (Å²) in [6, 6.07) is 9.92. The topological polar surface area (TPSA) is 12.0 Å². The molecule has 1 nitrogen and oxygen atoms in total. The van der Waals surface area contributed by atoms with Crippen molar-refractivity contribution >= 4 is 0 Å². The van der Waals surface area contributed by atoms with Crippen LogP contribution in [0.25, 0.3) is 0 Å². The Labute approximate surface area is 118 Å². The Balaban J connectivity index is 1.96. The van der Waals surface area contributed by atoms with Gasteiger partial charge in [-0.05, 0) is 48.3 Å². The molecule has 2 unspecified atom stereocenters. The van der Waals surface area contributed by atoms with Crippen molar-refractivity contribution in [1.29, 1.82) is 0 Å². The van der Waals surface area contributed by atoms with Crippen molar-refractivity contribution in [3.8, 4) is 0 Å². The number of hydrogen-bond donors (Lipinski definition) is 1. The molecule has 1 N–H and O–H groups in total. The number of hydrogen-bond acceptors (Lipinski definition) is 1.